The minimum Gasteiger partial charge on any atom is -0.352 e. The monoisotopic (exact) mass is 519 g/mol. The third kappa shape index (κ3) is 6.99. The van der Waals surface area contributed by atoms with E-state index < -0.39 is 10.0 Å². The number of likely N-dealkylation sites (tertiary alicyclic amines) is 1. The number of carbonyl (C=O) groups excluding carboxylic acids is 1. The van der Waals surface area contributed by atoms with Gasteiger partial charge in [-0.25, -0.2) is 8.42 Å². The van der Waals surface area contributed by atoms with Gasteiger partial charge >= 0.3 is 0 Å². The highest BCUT2D eigenvalue weighted by Crippen LogP contribution is 2.29. The predicted molar refractivity (Wildman–Crippen MR) is 149 cm³/mol. The van der Waals surface area contributed by atoms with Crippen LogP contribution in [0.2, 0.25) is 0 Å². The largest absolute Gasteiger partial charge is 0.352 e. The van der Waals surface area contributed by atoms with Gasteiger partial charge in [-0.1, -0.05) is 67.1 Å². The highest BCUT2D eigenvalue weighted by Gasteiger charge is 2.28. The van der Waals surface area contributed by atoms with Gasteiger partial charge in [0.05, 0.1) is 22.7 Å². The standard InChI is InChI=1S/C30H37N3O3S/c1-24-13-15-27(16-14-24)37(35,36)33(23-26-9-4-3-5-10-26)29-12-7-6-11-28(29)30(34)31-19-8-20-32-21-17-25(2)18-22-32/h3-7,9-16,25H,8,17-23H2,1-2H3,(H,31,34). The van der Waals surface area contributed by atoms with Crippen molar-refractivity contribution in [1.29, 1.82) is 0 Å². The summed E-state index contributed by atoms with van der Waals surface area (Å²) in [5, 5.41) is 3.02. The molecule has 6 nitrogen and oxygen atoms in total. The summed E-state index contributed by atoms with van der Waals surface area (Å²) in [4.78, 5) is 15.9. The number of amides is 1. The molecule has 4 rings (SSSR count). The van der Waals surface area contributed by atoms with Gasteiger partial charge in [0.1, 0.15) is 0 Å². The van der Waals surface area contributed by atoms with Crippen LogP contribution in [0.25, 0.3) is 0 Å². The van der Waals surface area contributed by atoms with Gasteiger partial charge < -0.3 is 10.2 Å². The number of hydrogen-bond acceptors (Lipinski definition) is 4. The van der Waals surface area contributed by atoms with Gasteiger partial charge in [0.15, 0.2) is 0 Å². The zero-order valence-corrected chi connectivity index (χ0v) is 22.6. The van der Waals surface area contributed by atoms with E-state index in [4.69, 9.17) is 0 Å². The summed E-state index contributed by atoms with van der Waals surface area (Å²) in [5.74, 6) is 0.530. The average Bonchev–Trinajstić information content (AvgIpc) is 2.91. The van der Waals surface area contributed by atoms with Crippen LogP contribution in [0.5, 0.6) is 0 Å². The van der Waals surface area contributed by atoms with Crippen LogP contribution in [0.3, 0.4) is 0 Å². The van der Waals surface area contributed by atoms with Gasteiger partial charge in [-0.2, -0.15) is 0 Å². The van der Waals surface area contributed by atoms with Gasteiger partial charge in [-0.3, -0.25) is 9.10 Å². The van der Waals surface area contributed by atoms with Gasteiger partial charge in [-0.15, -0.1) is 0 Å². The minimum atomic E-state index is -3.92. The van der Waals surface area contributed by atoms with E-state index in [9.17, 15) is 13.2 Å². The van der Waals surface area contributed by atoms with E-state index in [1.54, 1.807) is 48.5 Å². The molecule has 196 valence electrons. The van der Waals surface area contributed by atoms with Crippen molar-refractivity contribution in [1.82, 2.24) is 10.2 Å². The summed E-state index contributed by atoms with van der Waals surface area (Å²) in [6, 6.07) is 23.2. The first-order valence-electron chi connectivity index (χ1n) is 13.1. The number of nitrogens with zero attached hydrogens (tertiary/aromatic N) is 2. The van der Waals surface area contributed by atoms with Crippen LogP contribution in [-0.4, -0.2) is 45.4 Å². The molecule has 0 saturated carbocycles. The number of hydrogen-bond donors (Lipinski definition) is 1. The Hall–Kier alpha value is -3.16. The maximum Gasteiger partial charge on any atom is 0.264 e. The van der Waals surface area contributed by atoms with Crippen molar-refractivity contribution in [2.45, 2.75) is 44.6 Å². The molecule has 1 aliphatic heterocycles. The molecule has 1 N–H and O–H groups in total. The zero-order chi connectivity index (χ0) is 26.3. The molecular formula is C30H37N3O3S. The smallest absolute Gasteiger partial charge is 0.264 e. The van der Waals surface area contributed by atoms with Gasteiger partial charge in [0, 0.05) is 6.54 Å². The average molecular weight is 520 g/mol. The summed E-state index contributed by atoms with van der Waals surface area (Å²) < 4.78 is 29.1. The van der Waals surface area contributed by atoms with Crippen molar-refractivity contribution in [2.24, 2.45) is 5.92 Å². The molecule has 0 bridgehead atoms. The summed E-state index contributed by atoms with van der Waals surface area (Å²) in [6.07, 6.45) is 3.32. The number of aryl methyl sites for hydroxylation is 1. The maximum absolute atomic E-state index is 13.9. The molecule has 1 fully saturated rings. The van der Waals surface area contributed by atoms with Crippen molar-refractivity contribution in [3.63, 3.8) is 0 Å². The van der Waals surface area contributed by atoms with Crippen molar-refractivity contribution in [2.75, 3.05) is 30.5 Å². The molecular weight excluding hydrogens is 482 g/mol. The van der Waals surface area contributed by atoms with Crippen LogP contribution in [0.15, 0.2) is 83.8 Å². The molecule has 0 radical (unpaired) electrons. The molecule has 0 spiro atoms. The normalized spacial score (nSPS) is 14.9. The number of piperidine rings is 1. The first-order valence-corrected chi connectivity index (χ1v) is 14.5. The first kappa shape index (κ1) is 26.9. The number of rotatable bonds is 10. The number of benzene rings is 3. The Balaban J connectivity index is 1.54. The number of sulfonamides is 1. The molecule has 0 unspecified atom stereocenters. The number of nitrogens with one attached hydrogen (secondary N) is 1. The Labute approximate surface area is 221 Å². The number of para-hydroxylation sites is 1. The second-order valence-corrected chi connectivity index (χ2v) is 11.8. The number of carbonyl (C=O) groups is 1. The number of anilines is 1. The topological polar surface area (TPSA) is 69.7 Å². The molecule has 1 saturated heterocycles. The summed E-state index contributed by atoms with van der Waals surface area (Å²) >= 11 is 0. The van der Waals surface area contributed by atoms with Crippen LogP contribution in [-0.2, 0) is 16.6 Å². The Morgan fingerprint density at radius 1 is 0.946 bits per heavy atom. The van der Waals surface area contributed by atoms with E-state index in [0.29, 0.717) is 17.8 Å². The van der Waals surface area contributed by atoms with E-state index in [-0.39, 0.29) is 17.3 Å². The molecule has 37 heavy (non-hydrogen) atoms. The molecule has 1 heterocycles. The van der Waals surface area contributed by atoms with Crippen molar-refractivity contribution in [3.05, 3.63) is 95.6 Å². The highest BCUT2D eigenvalue weighted by molar-refractivity contribution is 7.92. The fourth-order valence-electron chi connectivity index (χ4n) is 4.65. The third-order valence-corrected chi connectivity index (χ3v) is 8.78. The molecule has 3 aromatic rings. The Morgan fingerprint density at radius 3 is 2.30 bits per heavy atom. The molecule has 1 amide bonds. The molecule has 0 aromatic heterocycles. The van der Waals surface area contributed by atoms with Crippen molar-refractivity contribution < 1.29 is 13.2 Å². The lowest BCUT2D eigenvalue weighted by molar-refractivity contribution is 0.0951. The van der Waals surface area contributed by atoms with E-state index in [2.05, 4.69) is 17.1 Å². The molecule has 7 heteroatoms. The molecule has 0 atom stereocenters. The minimum absolute atomic E-state index is 0.120. The van der Waals surface area contributed by atoms with Crippen molar-refractivity contribution in [3.8, 4) is 0 Å². The Bertz CT molecular complexity index is 1270. The van der Waals surface area contributed by atoms with Crippen LogP contribution < -0.4 is 9.62 Å². The second kappa shape index (κ2) is 12.4. The summed E-state index contributed by atoms with van der Waals surface area (Å²) in [5.41, 5.74) is 2.53. The van der Waals surface area contributed by atoms with E-state index in [1.807, 2.05) is 37.3 Å². The Morgan fingerprint density at radius 2 is 1.59 bits per heavy atom. The predicted octanol–water partition coefficient (Wildman–Crippen LogP) is 5.24. The van der Waals surface area contributed by atoms with Crippen LogP contribution >= 0.6 is 0 Å². The maximum atomic E-state index is 13.9. The van der Waals surface area contributed by atoms with E-state index >= 15 is 0 Å². The quantitative estimate of drug-likeness (QED) is 0.372. The lowest BCUT2D eigenvalue weighted by Crippen LogP contribution is -2.36. The van der Waals surface area contributed by atoms with Crippen molar-refractivity contribution >= 4 is 21.6 Å². The highest BCUT2D eigenvalue weighted by atomic mass is 32.2. The fraction of sp³-hybridized carbons (Fsp3) is 0.367. The van der Waals surface area contributed by atoms with Gasteiger partial charge in [0.25, 0.3) is 15.9 Å². The lowest BCUT2D eigenvalue weighted by atomic mass is 9.99. The zero-order valence-electron chi connectivity index (χ0n) is 21.8. The van der Waals surface area contributed by atoms with Crippen LogP contribution in [0, 0.1) is 12.8 Å². The molecule has 0 aliphatic carbocycles. The van der Waals surface area contributed by atoms with Gasteiger partial charge in [0.2, 0.25) is 0 Å². The first-order chi connectivity index (χ1) is 17.8. The van der Waals surface area contributed by atoms with Gasteiger partial charge in [-0.05, 0) is 81.6 Å². The fourth-order valence-corrected chi connectivity index (χ4v) is 6.13. The molecule has 3 aromatic carbocycles. The summed E-state index contributed by atoms with van der Waals surface area (Å²) in [6.45, 7) is 8.07. The molecule has 1 aliphatic rings. The SMILES string of the molecule is Cc1ccc(S(=O)(=O)N(Cc2ccccc2)c2ccccc2C(=O)NCCCN2CCC(C)CC2)cc1. The third-order valence-electron chi connectivity index (χ3n) is 7.01. The second-order valence-electron chi connectivity index (χ2n) is 9.96. The Kier molecular flexibility index (Phi) is 9.00. The lowest BCUT2D eigenvalue weighted by Gasteiger charge is -2.30. The van der Waals surface area contributed by atoms with E-state index in [0.717, 1.165) is 43.1 Å². The van der Waals surface area contributed by atoms with Crippen LogP contribution in [0.4, 0.5) is 5.69 Å². The van der Waals surface area contributed by atoms with E-state index in [1.165, 1.54) is 17.1 Å². The summed E-state index contributed by atoms with van der Waals surface area (Å²) in [7, 11) is -3.92. The van der Waals surface area contributed by atoms with Crippen LogP contribution in [0.1, 0.15) is 47.7 Å².